The lowest BCUT2D eigenvalue weighted by Gasteiger charge is -2.28. The van der Waals surface area contributed by atoms with Gasteiger partial charge in [-0.25, -0.2) is 4.39 Å². The van der Waals surface area contributed by atoms with Gasteiger partial charge in [0, 0.05) is 0 Å². The molecule has 0 amide bonds. The molecule has 0 aromatic rings. The van der Waals surface area contributed by atoms with E-state index in [1.165, 1.54) is 12.2 Å². The lowest BCUT2D eigenvalue weighted by atomic mass is 9.92. The molecule has 2 unspecified atom stereocenters. The zero-order valence-corrected chi connectivity index (χ0v) is 7.19. The largest absolute Gasteiger partial charge is 0.387 e. The van der Waals surface area contributed by atoms with E-state index in [1.54, 1.807) is 13.8 Å². The summed E-state index contributed by atoms with van der Waals surface area (Å²) in [5, 5.41) is 9.41. The highest BCUT2D eigenvalue weighted by Gasteiger charge is 2.32. The van der Waals surface area contributed by atoms with Gasteiger partial charge in [0.25, 0.3) is 0 Å². The number of hydrogen-bond donors (Lipinski definition) is 1. The van der Waals surface area contributed by atoms with Crippen molar-refractivity contribution in [1.29, 1.82) is 0 Å². The van der Waals surface area contributed by atoms with Gasteiger partial charge in [-0.1, -0.05) is 0 Å². The van der Waals surface area contributed by atoms with Gasteiger partial charge >= 0.3 is 0 Å². The van der Waals surface area contributed by atoms with Crippen molar-refractivity contribution in [2.75, 3.05) is 0 Å². The Hall–Kier alpha value is -0.340. The molecule has 0 fully saturated rings. The maximum atomic E-state index is 12.7. The first kappa shape index (κ1) is 8.75. The average Bonchev–Trinajstić information content (AvgIpc) is 1.81. The molecule has 1 N–H and O–H groups in total. The molecule has 0 spiro atoms. The van der Waals surface area contributed by atoms with E-state index in [2.05, 4.69) is 0 Å². The lowest BCUT2D eigenvalue weighted by molar-refractivity contribution is 0.181. The molecule has 0 aromatic carbocycles. The molecule has 1 rings (SSSR count). The molecule has 0 heterocycles. The molecule has 0 aromatic heterocycles. The smallest absolute Gasteiger partial charge is 0.121 e. The van der Waals surface area contributed by atoms with Crippen LogP contribution < -0.4 is 0 Å². The van der Waals surface area contributed by atoms with Gasteiger partial charge in [-0.2, -0.15) is 0 Å². The molecule has 1 nitrogen and oxygen atoms in total. The second kappa shape index (κ2) is 2.61. The predicted octanol–water partition coefficient (Wildman–Crippen LogP) is 2.16. The van der Waals surface area contributed by atoms with Gasteiger partial charge in [0.15, 0.2) is 0 Å². The summed E-state index contributed by atoms with van der Waals surface area (Å²) >= 11 is 5.80. The van der Waals surface area contributed by atoms with E-state index in [0.29, 0.717) is 5.57 Å². The van der Waals surface area contributed by atoms with Crippen molar-refractivity contribution in [2.24, 2.45) is 0 Å². The fourth-order valence-electron chi connectivity index (χ4n) is 1.13. The van der Waals surface area contributed by atoms with Crippen LogP contribution in [-0.2, 0) is 0 Å². The van der Waals surface area contributed by atoms with Crippen LogP contribution in [0.25, 0.3) is 0 Å². The molecule has 0 radical (unpaired) electrons. The summed E-state index contributed by atoms with van der Waals surface area (Å²) in [4.78, 5) is -0.997. The Morgan fingerprint density at radius 1 is 1.73 bits per heavy atom. The normalized spacial score (nSPS) is 38.1. The third-order valence-electron chi connectivity index (χ3n) is 1.75. The molecule has 1 aliphatic carbocycles. The maximum absolute atomic E-state index is 12.7. The number of rotatable bonds is 0. The minimum atomic E-state index is -0.997. The van der Waals surface area contributed by atoms with Crippen LogP contribution in [0, 0.1) is 0 Å². The summed E-state index contributed by atoms with van der Waals surface area (Å²) in [7, 11) is 0. The van der Waals surface area contributed by atoms with Gasteiger partial charge in [0.2, 0.25) is 0 Å². The summed E-state index contributed by atoms with van der Waals surface area (Å²) < 4.78 is 12.7. The summed E-state index contributed by atoms with van der Waals surface area (Å²) in [5.74, 6) is -0.384. The first-order valence-corrected chi connectivity index (χ1v) is 3.75. The van der Waals surface area contributed by atoms with Gasteiger partial charge in [0.05, 0.1) is 11.0 Å². The van der Waals surface area contributed by atoms with Crippen LogP contribution in [0.1, 0.15) is 13.8 Å². The Bertz CT molecular complexity index is 230. The number of halogens is 2. The second-order valence-electron chi connectivity index (χ2n) is 2.97. The van der Waals surface area contributed by atoms with Gasteiger partial charge < -0.3 is 5.11 Å². The minimum absolute atomic E-state index is 0.384. The van der Waals surface area contributed by atoms with Crippen molar-refractivity contribution < 1.29 is 9.50 Å². The van der Waals surface area contributed by atoms with Crippen LogP contribution in [0.2, 0.25) is 0 Å². The third kappa shape index (κ3) is 1.63. The van der Waals surface area contributed by atoms with Crippen LogP contribution in [0.3, 0.4) is 0 Å². The Morgan fingerprint density at radius 2 is 2.27 bits per heavy atom. The van der Waals surface area contributed by atoms with Gasteiger partial charge in [-0.15, -0.1) is 11.6 Å². The number of hydrogen-bond acceptors (Lipinski definition) is 1. The van der Waals surface area contributed by atoms with Gasteiger partial charge in [-0.3, -0.25) is 0 Å². The van der Waals surface area contributed by atoms with Gasteiger partial charge in [0.1, 0.15) is 5.83 Å². The topological polar surface area (TPSA) is 20.2 Å². The van der Waals surface area contributed by atoms with Crippen molar-refractivity contribution in [3.05, 3.63) is 23.6 Å². The fourth-order valence-corrected chi connectivity index (χ4v) is 1.41. The summed E-state index contributed by atoms with van der Waals surface area (Å²) in [6, 6.07) is 0. The molecule has 1 aliphatic rings. The van der Waals surface area contributed by atoms with Crippen molar-refractivity contribution >= 4 is 11.6 Å². The average molecular weight is 177 g/mol. The minimum Gasteiger partial charge on any atom is -0.387 e. The quantitative estimate of drug-likeness (QED) is 0.561. The summed E-state index contributed by atoms with van der Waals surface area (Å²) in [5.41, 5.74) is 0.558. The zero-order valence-electron chi connectivity index (χ0n) is 6.44. The van der Waals surface area contributed by atoms with Crippen LogP contribution in [0.5, 0.6) is 0 Å². The van der Waals surface area contributed by atoms with Crippen LogP contribution in [0.4, 0.5) is 4.39 Å². The molecule has 0 saturated heterocycles. The Morgan fingerprint density at radius 3 is 2.73 bits per heavy atom. The van der Waals surface area contributed by atoms with Crippen molar-refractivity contribution in [2.45, 2.75) is 24.8 Å². The summed E-state index contributed by atoms with van der Waals surface area (Å²) in [6.45, 7) is 3.23. The first-order chi connectivity index (χ1) is 4.93. The van der Waals surface area contributed by atoms with Crippen molar-refractivity contribution in [3.63, 3.8) is 0 Å². The molecule has 3 heteroatoms. The van der Waals surface area contributed by atoms with Gasteiger partial charge in [-0.05, 0) is 31.6 Å². The molecule has 0 aliphatic heterocycles. The summed E-state index contributed by atoms with van der Waals surface area (Å²) in [6.07, 6.45) is 1.71. The third-order valence-corrected chi connectivity index (χ3v) is 2.07. The lowest BCUT2D eigenvalue weighted by Crippen LogP contribution is -2.34. The SMILES string of the molecule is CC1=CC(F)=CC(C)(Cl)C1O. The predicted molar refractivity (Wildman–Crippen MR) is 43.2 cm³/mol. The molecule has 62 valence electrons. The monoisotopic (exact) mass is 176 g/mol. The molecule has 0 saturated carbocycles. The molecule has 2 atom stereocenters. The molecule has 0 bridgehead atoms. The van der Waals surface area contributed by atoms with E-state index in [1.807, 2.05) is 0 Å². The molecular formula is C8H10ClFO. The van der Waals surface area contributed by atoms with E-state index in [4.69, 9.17) is 11.6 Å². The van der Waals surface area contributed by atoms with E-state index in [0.717, 1.165) is 0 Å². The number of allylic oxidation sites excluding steroid dienone is 2. The highest BCUT2D eigenvalue weighted by atomic mass is 35.5. The maximum Gasteiger partial charge on any atom is 0.121 e. The standard InChI is InChI=1S/C8H10ClFO/c1-5-3-6(10)4-8(2,9)7(5)11/h3-4,7,11H,1-2H3. The van der Waals surface area contributed by atoms with Crippen molar-refractivity contribution in [1.82, 2.24) is 0 Å². The second-order valence-corrected chi connectivity index (χ2v) is 3.79. The number of alkyl halides is 1. The van der Waals surface area contributed by atoms with E-state index in [9.17, 15) is 9.50 Å². The number of aliphatic hydroxyl groups is 1. The molecular weight excluding hydrogens is 167 g/mol. The van der Waals surface area contributed by atoms with E-state index in [-0.39, 0.29) is 5.83 Å². The fraction of sp³-hybridized carbons (Fsp3) is 0.500. The molecule has 11 heavy (non-hydrogen) atoms. The van der Waals surface area contributed by atoms with E-state index < -0.39 is 11.0 Å². The van der Waals surface area contributed by atoms with Crippen LogP contribution in [0.15, 0.2) is 23.6 Å². The Kier molecular flexibility index (Phi) is 2.08. The van der Waals surface area contributed by atoms with Crippen LogP contribution in [-0.4, -0.2) is 16.1 Å². The zero-order chi connectivity index (χ0) is 8.65. The number of aliphatic hydroxyl groups excluding tert-OH is 1. The first-order valence-electron chi connectivity index (χ1n) is 3.37. The van der Waals surface area contributed by atoms with E-state index >= 15 is 0 Å². The van der Waals surface area contributed by atoms with Crippen LogP contribution >= 0.6 is 11.6 Å². The highest BCUT2D eigenvalue weighted by molar-refractivity contribution is 6.25. The Labute approximate surface area is 70.2 Å². The Balaban J connectivity index is 3.01. The van der Waals surface area contributed by atoms with Crippen molar-refractivity contribution in [3.8, 4) is 0 Å². The highest BCUT2D eigenvalue weighted by Crippen LogP contribution is 2.32.